The van der Waals surface area contributed by atoms with Crippen LogP contribution in [0.25, 0.3) is 0 Å². The number of unbranched alkanes of at least 4 members (excludes halogenated alkanes) is 1. The molecule has 5 atom stereocenters. The molecule has 0 saturated carbocycles. The predicted molar refractivity (Wildman–Crippen MR) is 166 cm³/mol. The van der Waals surface area contributed by atoms with E-state index in [9.17, 15) is 38.7 Å². The van der Waals surface area contributed by atoms with E-state index >= 15 is 0 Å². The highest BCUT2D eigenvalue weighted by atomic mass is 16.6. The van der Waals surface area contributed by atoms with E-state index in [0.29, 0.717) is 19.3 Å². The molecular formula is C30H51N5O12. The summed E-state index contributed by atoms with van der Waals surface area (Å²) in [6, 6.07) is -3.88. The Morgan fingerprint density at radius 1 is 0.723 bits per heavy atom. The minimum absolute atomic E-state index is 0.0980. The first kappa shape index (κ1) is 40.9. The van der Waals surface area contributed by atoms with E-state index in [1.165, 1.54) is 0 Å². The molecule has 1 aliphatic heterocycles. The fourth-order valence-corrected chi connectivity index (χ4v) is 4.02. The van der Waals surface area contributed by atoms with Crippen molar-refractivity contribution in [3.63, 3.8) is 0 Å². The van der Waals surface area contributed by atoms with Gasteiger partial charge in [-0.25, -0.2) is 19.2 Å². The average Bonchev–Trinajstić information content (AvgIpc) is 3.73. The normalized spacial score (nSPS) is 17.5. The number of hydrogen-bond donors (Lipinski definition) is 6. The molecule has 1 saturated heterocycles. The second kappa shape index (κ2) is 18.9. The molecule has 0 spiro atoms. The summed E-state index contributed by atoms with van der Waals surface area (Å²) in [6.07, 6.45) is -2.14. The first-order valence-corrected chi connectivity index (χ1v) is 15.7. The molecule has 0 aromatic carbocycles. The zero-order chi connectivity index (χ0) is 35.9. The van der Waals surface area contributed by atoms with E-state index in [1.807, 2.05) is 0 Å². The minimum atomic E-state index is -1.57. The van der Waals surface area contributed by atoms with Gasteiger partial charge in [-0.2, -0.15) is 0 Å². The summed E-state index contributed by atoms with van der Waals surface area (Å²) in [5, 5.41) is 22.0. The number of carboxylic acid groups (broad SMARTS) is 1. The average molecular weight is 674 g/mol. The first-order chi connectivity index (χ1) is 21.8. The van der Waals surface area contributed by atoms with Crippen LogP contribution in [0.1, 0.15) is 87.5 Å². The van der Waals surface area contributed by atoms with Crippen molar-refractivity contribution in [2.45, 2.75) is 129 Å². The molecule has 5 amide bonds. The van der Waals surface area contributed by atoms with Crippen LogP contribution in [0.3, 0.4) is 0 Å². The second-order valence-corrected chi connectivity index (χ2v) is 12.8. The smallest absolute Gasteiger partial charge is 0.408 e. The van der Waals surface area contributed by atoms with Gasteiger partial charge >= 0.3 is 24.1 Å². The van der Waals surface area contributed by atoms with Gasteiger partial charge in [-0.05, 0) is 74.1 Å². The lowest BCUT2D eigenvalue weighted by molar-refractivity contribution is -0.145. The van der Waals surface area contributed by atoms with Crippen molar-refractivity contribution in [1.29, 1.82) is 0 Å². The zero-order valence-corrected chi connectivity index (χ0v) is 28.5. The number of alkyl carbamates (subject to hydrolysis) is 2. The topological polar surface area (TPSA) is 240 Å². The number of epoxide rings is 1. The number of rotatable bonds is 18. The van der Waals surface area contributed by atoms with Gasteiger partial charge in [-0.1, -0.05) is 13.3 Å². The maximum absolute atomic E-state index is 13.3. The summed E-state index contributed by atoms with van der Waals surface area (Å²) >= 11 is 0. The lowest BCUT2D eigenvalue weighted by Gasteiger charge is -2.26. The van der Waals surface area contributed by atoms with Crippen LogP contribution in [-0.4, -0.2) is 108 Å². The van der Waals surface area contributed by atoms with Crippen molar-refractivity contribution in [2.75, 3.05) is 19.7 Å². The Morgan fingerprint density at radius 2 is 1.28 bits per heavy atom. The fourth-order valence-electron chi connectivity index (χ4n) is 4.02. The predicted octanol–water partition coefficient (Wildman–Crippen LogP) is 0.876. The molecular weight excluding hydrogens is 622 g/mol. The van der Waals surface area contributed by atoms with Gasteiger partial charge in [0.2, 0.25) is 11.8 Å². The third-order valence-electron chi connectivity index (χ3n) is 6.17. The van der Waals surface area contributed by atoms with Gasteiger partial charge < -0.3 is 50.6 Å². The number of ether oxygens (including phenoxy) is 4. The van der Waals surface area contributed by atoms with Gasteiger partial charge in [0.15, 0.2) is 12.2 Å². The summed E-state index contributed by atoms with van der Waals surface area (Å²) in [5.74, 6) is -4.46. The number of carbonyl (C=O) groups excluding carboxylic acids is 6. The maximum atomic E-state index is 13.3. The quantitative estimate of drug-likeness (QED) is 0.0514. The number of carboxylic acids is 1. The molecule has 1 heterocycles. The molecule has 0 aromatic rings. The third-order valence-corrected chi connectivity index (χ3v) is 6.17. The standard InChI is InChI=1S/C30H51N5O12/c1-9-13-17(22(36)34-19(25(39)40)16-32-24(38)20-21(45-20)26(41)44-10-2)33-23(37)18(35-28(43)47-30(6,7)8)14-11-12-15-31-27(42)46-29(3,4)5/h17-21H,9-16H2,1-8H3,(H,31,42)(H,32,38)(H,33,37)(H,34,36)(H,35,43)(H,39,40)/t17-,18-,19-,20?,21?/m0/s1. The van der Waals surface area contributed by atoms with E-state index in [-0.39, 0.29) is 26.0 Å². The lowest BCUT2D eigenvalue weighted by Crippen LogP contribution is -2.57. The molecule has 1 aliphatic rings. The molecule has 6 N–H and O–H groups in total. The Kier molecular flexibility index (Phi) is 16.4. The molecule has 0 radical (unpaired) electrons. The van der Waals surface area contributed by atoms with Crippen molar-refractivity contribution in [3.8, 4) is 0 Å². The van der Waals surface area contributed by atoms with Gasteiger partial charge in [-0.15, -0.1) is 0 Å². The number of nitrogens with one attached hydrogen (secondary N) is 5. The number of hydrogen-bond acceptors (Lipinski definition) is 11. The molecule has 2 unspecified atom stereocenters. The van der Waals surface area contributed by atoms with Crippen molar-refractivity contribution in [3.05, 3.63) is 0 Å². The van der Waals surface area contributed by atoms with E-state index in [2.05, 4.69) is 26.6 Å². The molecule has 17 nitrogen and oxygen atoms in total. The van der Waals surface area contributed by atoms with Crippen molar-refractivity contribution in [1.82, 2.24) is 26.6 Å². The Bertz CT molecular complexity index is 1120. The Balaban J connectivity index is 2.85. The summed E-state index contributed by atoms with van der Waals surface area (Å²) in [4.78, 5) is 86.7. The number of aliphatic carboxylic acids is 1. The molecule has 1 rings (SSSR count). The highest BCUT2D eigenvalue weighted by Gasteiger charge is 2.51. The van der Waals surface area contributed by atoms with Crippen molar-refractivity contribution >= 4 is 41.8 Å². The van der Waals surface area contributed by atoms with Gasteiger partial charge in [0.1, 0.15) is 29.3 Å². The van der Waals surface area contributed by atoms with E-state index in [1.54, 1.807) is 55.4 Å². The third kappa shape index (κ3) is 16.8. The largest absolute Gasteiger partial charge is 0.480 e. The number of carbonyl (C=O) groups is 7. The molecule has 1 fully saturated rings. The van der Waals surface area contributed by atoms with E-state index < -0.39 is 89.9 Å². The summed E-state index contributed by atoms with van der Waals surface area (Å²) in [7, 11) is 0. The SMILES string of the molecule is CCC[C@H](NC(=O)[C@H](CCCCNC(=O)OC(C)(C)C)NC(=O)OC(C)(C)C)C(=O)N[C@@H](CNC(=O)C1OC1C(=O)OCC)C(=O)O. The van der Waals surface area contributed by atoms with Crippen LogP contribution in [-0.2, 0) is 42.9 Å². The maximum Gasteiger partial charge on any atom is 0.408 e. The molecule has 47 heavy (non-hydrogen) atoms. The highest BCUT2D eigenvalue weighted by Crippen LogP contribution is 2.23. The van der Waals surface area contributed by atoms with Crippen LogP contribution < -0.4 is 26.6 Å². The molecule has 17 heteroatoms. The van der Waals surface area contributed by atoms with Gasteiger partial charge in [0.05, 0.1) is 6.61 Å². The monoisotopic (exact) mass is 673 g/mol. The van der Waals surface area contributed by atoms with Gasteiger partial charge in [0.25, 0.3) is 5.91 Å². The van der Waals surface area contributed by atoms with Crippen molar-refractivity contribution in [2.24, 2.45) is 0 Å². The fraction of sp³-hybridized carbons (Fsp3) is 0.767. The molecule has 268 valence electrons. The summed E-state index contributed by atoms with van der Waals surface area (Å²) in [6.45, 7) is 13.3. The summed E-state index contributed by atoms with van der Waals surface area (Å²) in [5.41, 5.74) is -1.51. The Morgan fingerprint density at radius 3 is 1.81 bits per heavy atom. The van der Waals surface area contributed by atoms with Crippen LogP contribution in [0.2, 0.25) is 0 Å². The second-order valence-electron chi connectivity index (χ2n) is 12.8. The van der Waals surface area contributed by atoms with Crippen LogP contribution in [0.5, 0.6) is 0 Å². The first-order valence-electron chi connectivity index (χ1n) is 15.7. The van der Waals surface area contributed by atoms with Gasteiger partial charge in [0, 0.05) is 13.1 Å². The van der Waals surface area contributed by atoms with Gasteiger partial charge in [-0.3, -0.25) is 14.4 Å². The minimum Gasteiger partial charge on any atom is -0.480 e. The number of amides is 5. The molecule has 0 aromatic heterocycles. The van der Waals surface area contributed by atoms with Crippen LogP contribution >= 0.6 is 0 Å². The highest BCUT2D eigenvalue weighted by molar-refractivity contribution is 5.94. The lowest BCUT2D eigenvalue weighted by atomic mass is 10.1. The Labute approximate surface area is 274 Å². The van der Waals surface area contributed by atoms with Crippen LogP contribution in [0.15, 0.2) is 0 Å². The van der Waals surface area contributed by atoms with E-state index in [0.717, 1.165) is 0 Å². The van der Waals surface area contributed by atoms with Crippen molar-refractivity contribution < 1.29 is 57.6 Å². The van der Waals surface area contributed by atoms with E-state index in [4.69, 9.17) is 18.9 Å². The zero-order valence-electron chi connectivity index (χ0n) is 28.5. The van der Waals surface area contributed by atoms with Crippen LogP contribution in [0, 0.1) is 0 Å². The number of esters is 1. The molecule has 0 aliphatic carbocycles. The molecule has 0 bridgehead atoms. The Hall–Kier alpha value is -4.15. The van der Waals surface area contributed by atoms with Crippen LogP contribution in [0.4, 0.5) is 9.59 Å². The summed E-state index contributed by atoms with van der Waals surface area (Å²) < 4.78 is 20.2.